The van der Waals surface area contributed by atoms with E-state index in [2.05, 4.69) is 35.7 Å². The monoisotopic (exact) mass is 256 g/mol. The third-order valence-corrected chi connectivity index (χ3v) is 6.18. The molecule has 2 unspecified atom stereocenters. The summed E-state index contributed by atoms with van der Waals surface area (Å²) >= 11 is 0. The Morgan fingerprint density at radius 1 is 1.26 bits per heavy atom. The highest BCUT2D eigenvalue weighted by Gasteiger charge is 2.55. The van der Waals surface area contributed by atoms with Crippen LogP contribution in [0.1, 0.15) is 37.7 Å². The lowest BCUT2D eigenvalue weighted by molar-refractivity contribution is -0.0547. The lowest BCUT2D eigenvalue weighted by Gasteiger charge is -2.60. The van der Waals surface area contributed by atoms with Crippen LogP contribution >= 0.6 is 0 Å². The molecule has 4 fully saturated rings. The second-order valence-corrected chi connectivity index (χ2v) is 7.21. The van der Waals surface area contributed by atoms with Gasteiger partial charge >= 0.3 is 0 Å². The SMILES string of the molecule is CNCC1C2CC3CC1CC(c1cccnc1)(C3)C2. The minimum atomic E-state index is 0.481. The van der Waals surface area contributed by atoms with E-state index in [0.29, 0.717) is 5.41 Å². The van der Waals surface area contributed by atoms with Gasteiger partial charge in [-0.3, -0.25) is 4.98 Å². The average molecular weight is 256 g/mol. The number of rotatable bonds is 3. The Hall–Kier alpha value is -0.890. The Kier molecular flexibility index (Phi) is 2.70. The van der Waals surface area contributed by atoms with Crippen molar-refractivity contribution in [2.24, 2.45) is 23.7 Å². The van der Waals surface area contributed by atoms with Crippen molar-refractivity contribution in [1.82, 2.24) is 10.3 Å². The molecule has 4 aliphatic rings. The maximum atomic E-state index is 4.38. The van der Waals surface area contributed by atoms with Crippen LogP contribution in [0, 0.1) is 23.7 Å². The molecule has 0 saturated heterocycles. The number of aromatic nitrogens is 1. The van der Waals surface area contributed by atoms with Crippen molar-refractivity contribution < 1.29 is 0 Å². The predicted molar refractivity (Wildman–Crippen MR) is 76.9 cm³/mol. The molecule has 102 valence electrons. The van der Waals surface area contributed by atoms with Crippen molar-refractivity contribution >= 4 is 0 Å². The Bertz CT molecular complexity index is 440. The minimum absolute atomic E-state index is 0.481. The van der Waals surface area contributed by atoms with Crippen LogP contribution in [-0.2, 0) is 5.41 Å². The summed E-state index contributed by atoms with van der Waals surface area (Å²) in [5, 5.41) is 3.44. The van der Waals surface area contributed by atoms with Crippen LogP contribution in [0.5, 0.6) is 0 Å². The van der Waals surface area contributed by atoms with E-state index in [1.54, 1.807) is 0 Å². The summed E-state index contributed by atoms with van der Waals surface area (Å²) in [7, 11) is 2.11. The van der Waals surface area contributed by atoms with Gasteiger partial charge in [-0.2, -0.15) is 0 Å². The molecule has 5 rings (SSSR count). The second-order valence-electron chi connectivity index (χ2n) is 7.21. The van der Waals surface area contributed by atoms with Crippen molar-refractivity contribution in [2.75, 3.05) is 13.6 Å². The smallest absolute Gasteiger partial charge is 0.0305 e. The lowest BCUT2D eigenvalue weighted by atomic mass is 9.45. The van der Waals surface area contributed by atoms with E-state index in [1.807, 2.05) is 6.20 Å². The van der Waals surface area contributed by atoms with Crippen molar-refractivity contribution in [2.45, 2.75) is 37.5 Å². The van der Waals surface area contributed by atoms with Gasteiger partial charge in [0, 0.05) is 12.4 Å². The number of hydrogen-bond acceptors (Lipinski definition) is 2. The molecule has 0 radical (unpaired) electrons. The van der Waals surface area contributed by atoms with E-state index in [0.717, 1.165) is 23.7 Å². The zero-order valence-corrected chi connectivity index (χ0v) is 11.8. The summed E-state index contributed by atoms with van der Waals surface area (Å²) in [5.41, 5.74) is 2.01. The average Bonchev–Trinajstić information content (AvgIpc) is 2.43. The van der Waals surface area contributed by atoms with E-state index in [1.165, 1.54) is 44.2 Å². The van der Waals surface area contributed by atoms with E-state index in [9.17, 15) is 0 Å². The fourth-order valence-corrected chi connectivity index (χ4v) is 5.73. The van der Waals surface area contributed by atoms with E-state index < -0.39 is 0 Å². The van der Waals surface area contributed by atoms with Crippen molar-refractivity contribution in [3.05, 3.63) is 30.1 Å². The number of hydrogen-bond donors (Lipinski definition) is 1. The molecular formula is C17H24N2. The summed E-state index contributed by atoms with van der Waals surface area (Å²) in [5.74, 6) is 3.84. The molecule has 4 aliphatic carbocycles. The van der Waals surface area contributed by atoms with Gasteiger partial charge in [-0.25, -0.2) is 0 Å². The van der Waals surface area contributed by atoms with Crippen LogP contribution in [0.15, 0.2) is 24.5 Å². The van der Waals surface area contributed by atoms with Gasteiger partial charge in [0.2, 0.25) is 0 Å². The molecule has 0 amide bonds. The highest BCUT2D eigenvalue weighted by molar-refractivity contribution is 5.27. The number of pyridine rings is 1. The van der Waals surface area contributed by atoms with Gasteiger partial charge in [-0.05, 0) is 86.4 Å². The molecular weight excluding hydrogens is 232 g/mol. The standard InChI is InChI=1S/C17H24N2/c1-18-11-16-13-5-12-6-14(16)9-17(7-12,8-13)15-3-2-4-19-10-15/h2-4,10,12-14,16,18H,5-9,11H2,1H3. The quantitative estimate of drug-likeness (QED) is 0.899. The fourth-order valence-electron chi connectivity index (χ4n) is 5.73. The first kappa shape index (κ1) is 11.9. The molecule has 1 aromatic heterocycles. The van der Waals surface area contributed by atoms with Gasteiger partial charge in [0.05, 0.1) is 0 Å². The van der Waals surface area contributed by atoms with E-state index in [4.69, 9.17) is 0 Å². The molecule has 0 aliphatic heterocycles. The summed E-state index contributed by atoms with van der Waals surface area (Å²) in [4.78, 5) is 4.38. The summed E-state index contributed by atoms with van der Waals surface area (Å²) in [6, 6.07) is 4.45. The highest BCUT2D eigenvalue weighted by atomic mass is 14.8. The molecule has 2 heteroatoms. The third kappa shape index (κ3) is 1.76. The third-order valence-electron chi connectivity index (χ3n) is 6.18. The van der Waals surface area contributed by atoms with Crippen molar-refractivity contribution in [3.63, 3.8) is 0 Å². The van der Waals surface area contributed by atoms with Gasteiger partial charge < -0.3 is 5.32 Å². The fraction of sp³-hybridized carbons (Fsp3) is 0.706. The molecule has 2 atom stereocenters. The van der Waals surface area contributed by atoms with Gasteiger partial charge in [-0.15, -0.1) is 0 Å². The maximum absolute atomic E-state index is 4.38. The molecule has 2 nitrogen and oxygen atoms in total. The van der Waals surface area contributed by atoms with Gasteiger partial charge in [-0.1, -0.05) is 6.07 Å². The normalized spacial score (nSPS) is 43.6. The first-order valence-electron chi connectivity index (χ1n) is 7.86. The maximum Gasteiger partial charge on any atom is 0.0305 e. The minimum Gasteiger partial charge on any atom is -0.319 e. The Balaban J connectivity index is 1.67. The first-order chi connectivity index (χ1) is 9.31. The van der Waals surface area contributed by atoms with Crippen LogP contribution in [0.3, 0.4) is 0 Å². The largest absolute Gasteiger partial charge is 0.319 e. The molecule has 4 bridgehead atoms. The Labute approximate surface area is 116 Å². The summed E-state index contributed by atoms with van der Waals surface area (Å²) in [6.45, 7) is 1.23. The van der Waals surface area contributed by atoms with Gasteiger partial charge in [0.15, 0.2) is 0 Å². The van der Waals surface area contributed by atoms with Crippen LogP contribution < -0.4 is 5.32 Å². The lowest BCUT2D eigenvalue weighted by Crippen LogP contribution is -2.54. The topological polar surface area (TPSA) is 24.9 Å². The van der Waals surface area contributed by atoms with Gasteiger partial charge in [0.25, 0.3) is 0 Å². The van der Waals surface area contributed by atoms with Crippen LogP contribution in [0.2, 0.25) is 0 Å². The summed E-state index contributed by atoms with van der Waals surface area (Å²) in [6.07, 6.45) is 11.3. The molecule has 1 heterocycles. The molecule has 0 spiro atoms. The van der Waals surface area contributed by atoms with Gasteiger partial charge in [0.1, 0.15) is 0 Å². The molecule has 19 heavy (non-hydrogen) atoms. The molecule has 1 aromatic rings. The van der Waals surface area contributed by atoms with Crippen LogP contribution in [0.4, 0.5) is 0 Å². The molecule has 4 saturated carbocycles. The zero-order valence-electron chi connectivity index (χ0n) is 11.8. The number of nitrogens with one attached hydrogen (secondary N) is 1. The van der Waals surface area contributed by atoms with E-state index >= 15 is 0 Å². The van der Waals surface area contributed by atoms with Crippen LogP contribution in [0.25, 0.3) is 0 Å². The first-order valence-corrected chi connectivity index (χ1v) is 7.86. The Morgan fingerprint density at radius 2 is 2.05 bits per heavy atom. The second kappa shape index (κ2) is 4.31. The van der Waals surface area contributed by atoms with E-state index in [-0.39, 0.29) is 0 Å². The molecule has 0 aromatic carbocycles. The predicted octanol–water partition coefficient (Wildman–Crippen LogP) is 2.99. The summed E-state index contributed by atoms with van der Waals surface area (Å²) < 4.78 is 0. The Morgan fingerprint density at radius 3 is 2.68 bits per heavy atom. The van der Waals surface area contributed by atoms with Crippen molar-refractivity contribution in [1.29, 1.82) is 0 Å². The zero-order chi connectivity index (χ0) is 12.9. The number of nitrogens with zero attached hydrogens (tertiary/aromatic N) is 1. The van der Waals surface area contributed by atoms with Crippen LogP contribution in [-0.4, -0.2) is 18.6 Å². The molecule has 1 N–H and O–H groups in total. The highest BCUT2D eigenvalue weighted by Crippen LogP contribution is 2.62. The van der Waals surface area contributed by atoms with Crippen molar-refractivity contribution in [3.8, 4) is 0 Å².